The summed E-state index contributed by atoms with van der Waals surface area (Å²) in [5, 5.41) is 0. The van der Waals surface area contributed by atoms with E-state index in [1.165, 1.54) is 13.1 Å². The Morgan fingerprint density at radius 1 is 1.11 bits per heavy atom. The van der Waals surface area contributed by atoms with Crippen LogP contribution in [0.3, 0.4) is 0 Å². The first-order valence-electron chi connectivity index (χ1n) is 6.25. The standard InChI is InChI=1S/C9H9NO4S.2C2H6/c1-6-3-4-8-7(5-6)9(11)10(2)15(12,13)14-8;2*1-2/h3-5H,1-2H3;2*1-2H3. The Hall–Kier alpha value is -1.56. The molecule has 0 aromatic heterocycles. The highest BCUT2D eigenvalue weighted by Crippen LogP contribution is 2.28. The van der Waals surface area contributed by atoms with Crippen LogP contribution in [0.4, 0.5) is 0 Å². The summed E-state index contributed by atoms with van der Waals surface area (Å²) in [6.45, 7) is 9.82. The van der Waals surface area contributed by atoms with Crippen LogP contribution in [-0.2, 0) is 10.3 Å². The quantitative estimate of drug-likeness (QED) is 0.736. The second kappa shape index (κ2) is 7.13. The van der Waals surface area contributed by atoms with Gasteiger partial charge in [-0.2, -0.15) is 8.42 Å². The summed E-state index contributed by atoms with van der Waals surface area (Å²) in [5.41, 5.74) is 1.14. The molecule has 0 unspecified atom stereocenters. The van der Waals surface area contributed by atoms with E-state index in [2.05, 4.69) is 0 Å². The Kier molecular flexibility index (Phi) is 6.55. The van der Waals surface area contributed by atoms with Crippen LogP contribution < -0.4 is 4.18 Å². The molecule has 6 heteroatoms. The van der Waals surface area contributed by atoms with Crippen LogP contribution in [0, 0.1) is 6.92 Å². The molecule has 1 heterocycles. The summed E-state index contributed by atoms with van der Waals surface area (Å²) < 4.78 is 28.0. The van der Waals surface area contributed by atoms with E-state index in [9.17, 15) is 13.2 Å². The topological polar surface area (TPSA) is 63.7 Å². The Balaban J connectivity index is 0.000000741. The zero-order valence-corrected chi connectivity index (χ0v) is 13.0. The number of benzene rings is 1. The first kappa shape index (κ1) is 17.4. The molecule has 0 aliphatic carbocycles. The summed E-state index contributed by atoms with van der Waals surface area (Å²) in [6, 6.07) is 4.77. The van der Waals surface area contributed by atoms with E-state index in [0.29, 0.717) is 4.31 Å². The van der Waals surface area contributed by atoms with Crippen LogP contribution in [0.15, 0.2) is 18.2 Å². The number of carbonyl (C=O) groups is 1. The molecule has 1 aliphatic rings. The third-order valence-electron chi connectivity index (χ3n) is 2.18. The molecule has 108 valence electrons. The van der Waals surface area contributed by atoms with E-state index >= 15 is 0 Å². The average molecular weight is 287 g/mol. The number of hydrogen-bond acceptors (Lipinski definition) is 4. The summed E-state index contributed by atoms with van der Waals surface area (Å²) in [7, 11) is -2.78. The number of nitrogens with zero attached hydrogens (tertiary/aromatic N) is 1. The molecule has 2 rings (SSSR count). The molecule has 1 aromatic rings. The molecule has 0 N–H and O–H groups in total. The lowest BCUT2D eigenvalue weighted by Gasteiger charge is -2.24. The van der Waals surface area contributed by atoms with Crippen LogP contribution in [-0.4, -0.2) is 25.7 Å². The van der Waals surface area contributed by atoms with Crippen molar-refractivity contribution in [1.82, 2.24) is 4.31 Å². The van der Waals surface area contributed by atoms with Crippen LogP contribution in [0.25, 0.3) is 0 Å². The van der Waals surface area contributed by atoms with E-state index in [-0.39, 0.29) is 11.3 Å². The van der Waals surface area contributed by atoms with Gasteiger partial charge in [0.25, 0.3) is 5.91 Å². The average Bonchev–Trinajstić information content (AvgIpc) is 2.42. The molecule has 1 aromatic carbocycles. The fourth-order valence-electron chi connectivity index (χ4n) is 1.32. The summed E-state index contributed by atoms with van der Waals surface area (Å²) in [6.07, 6.45) is 0. The fourth-order valence-corrected chi connectivity index (χ4v) is 2.11. The third kappa shape index (κ3) is 3.70. The van der Waals surface area contributed by atoms with E-state index in [1.807, 2.05) is 34.6 Å². The smallest absolute Gasteiger partial charge is 0.366 e. The van der Waals surface area contributed by atoms with E-state index in [1.54, 1.807) is 12.1 Å². The molecule has 19 heavy (non-hydrogen) atoms. The SMILES string of the molecule is CC.CC.Cc1ccc2c(c1)C(=O)N(C)S(=O)(=O)O2. The van der Waals surface area contributed by atoms with Gasteiger partial charge in [-0.1, -0.05) is 39.3 Å². The minimum Gasteiger partial charge on any atom is -0.366 e. The third-order valence-corrected chi connectivity index (χ3v) is 3.41. The highest BCUT2D eigenvalue weighted by atomic mass is 32.2. The second-order valence-electron chi connectivity index (χ2n) is 3.31. The molecular weight excluding hydrogens is 266 g/mol. The predicted molar refractivity (Wildman–Crippen MR) is 75.5 cm³/mol. The van der Waals surface area contributed by atoms with Crippen molar-refractivity contribution in [3.05, 3.63) is 29.3 Å². The maximum atomic E-state index is 11.7. The lowest BCUT2D eigenvalue weighted by molar-refractivity contribution is 0.0862. The summed E-state index contributed by atoms with van der Waals surface area (Å²) >= 11 is 0. The molecule has 0 fully saturated rings. The lowest BCUT2D eigenvalue weighted by atomic mass is 10.1. The molecule has 0 atom stereocenters. The number of aryl methyl sites for hydroxylation is 1. The summed E-state index contributed by atoms with van der Waals surface area (Å²) in [5.74, 6) is -0.483. The molecule has 5 nitrogen and oxygen atoms in total. The molecule has 0 spiro atoms. The van der Waals surface area contributed by atoms with E-state index < -0.39 is 16.2 Å². The minimum absolute atomic E-state index is 0.0868. The Morgan fingerprint density at radius 3 is 2.16 bits per heavy atom. The van der Waals surface area contributed by atoms with Crippen molar-refractivity contribution in [3.8, 4) is 5.75 Å². The molecule has 0 bridgehead atoms. The van der Waals surface area contributed by atoms with Crippen molar-refractivity contribution in [3.63, 3.8) is 0 Å². The molecule has 0 saturated heterocycles. The van der Waals surface area contributed by atoms with Gasteiger partial charge in [0, 0.05) is 7.05 Å². The first-order chi connectivity index (χ1) is 8.92. The van der Waals surface area contributed by atoms with Crippen molar-refractivity contribution in [2.45, 2.75) is 34.6 Å². The Labute approximate surface area is 115 Å². The van der Waals surface area contributed by atoms with Crippen LogP contribution >= 0.6 is 0 Å². The maximum absolute atomic E-state index is 11.7. The number of amides is 1. The van der Waals surface area contributed by atoms with Gasteiger partial charge in [0.2, 0.25) is 0 Å². The van der Waals surface area contributed by atoms with Crippen molar-refractivity contribution in [2.24, 2.45) is 0 Å². The van der Waals surface area contributed by atoms with Gasteiger partial charge < -0.3 is 4.18 Å². The number of fused-ring (bicyclic) bond motifs is 1. The Bertz CT molecular complexity index is 538. The minimum atomic E-state index is -3.95. The lowest BCUT2D eigenvalue weighted by Crippen LogP contribution is -2.40. The van der Waals surface area contributed by atoms with Crippen molar-refractivity contribution in [1.29, 1.82) is 0 Å². The van der Waals surface area contributed by atoms with Gasteiger partial charge in [-0.3, -0.25) is 4.79 Å². The number of rotatable bonds is 0. The Morgan fingerprint density at radius 2 is 1.63 bits per heavy atom. The van der Waals surface area contributed by atoms with Gasteiger partial charge in [0.05, 0.1) is 5.56 Å². The van der Waals surface area contributed by atoms with Gasteiger partial charge in [-0.15, -0.1) is 0 Å². The molecule has 0 saturated carbocycles. The second-order valence-corrected chi connectivity index (χ2v) is 4.88. The van der Waals surface area contributed by atoms with Gasteiger partial charge in [-0.25, -0.2) is 4.31 Å². The monoisotopic (exact) mass is 287 g/mol. The molecule has 0 radical (unpaired) electrons. The number of hydrogen-bond donors (Lipinski definition) is 0. The highest BCUT2D eigenvalue weighted by Gasteiger charge is 2.34. The fraction of sp³-hybridized carbons (Fsp3) is 0.462. The van der Waals surface area contributed by atoms with Gasteiger partial charge in [-0.05, 0) is 19.1 Å². The zero-order valence-electron chi connectivity index (χ0n) is 12.2. The van der Waals surface area contributed by atoms with Crippen LogP contribution in [0.2, 0.25) is 0 Å². The first-order valence-corrected chi connectivity index (χ1v) is 7.61. The van der Waals surface area contributed by atoms with E-state index in [4.69, 9.17) is 4.18 Å². The van der Waals surface area contributed by atoms with Gasteiger partial charge >= 0.3 is 10.3 Å². The van der Waals surface area contributed by atoms with Gasteiger partial charge in [0.15, 0.2) is 5.75 Å². The maximum Gasteiger partial charge on any atom is 0.412 e. The van der Waals surface area contributed by atoms with Crippen LogP contribution in [0.1, 0.15) is 43.6 Å². The molecular formula is C13H21NO4S. The van der Waals surface area contributed by atoms with Crippen LogP contribution in [0.5, 0.6) is 5.75 Å². The molecule has 1 amide bonds. The predicted octanol–water partition coefficient (Wildman–Crippen LogP) is 2.76. The summed E-state index contributed by atoms with van der Waals surface area (Å²) in [4.78, 5) is 11.7. The molecule has 1 aliphatic heterocycles. The largest absolute Gasteiger partial charge is 0.412 e. The van der Waals surface area contributed by atoms with Crippen molar-refractivity contribution >= 4 is 16.2 Å². The number of carbonyl (C=O) groups excluding carboxylic acids is 1. The van der Waals surface area contributed by atoms with Crippen molar-refractivity contribution < 1.29 is 17.4 Å². The highest BCUT2D eigenvalue weighted by molar-refractivity contribution is 7.85. The van der Waals surface area contributed by atoms with E-state index in [0.717, 1.165) is 5.56 Å². The van der Waals surface area contributed by atoms with Crippen molar-refractivity contribution in [2.75, 3.05) is 7.05 Å². The normalized spacial score (nSPS) is 15.1. The zero-order chi connectivity index (χ0) is 15.2. The van der Waals surface area contributed by atoms with Gasteiger partial charge in [0.1, 0.15) is 0 Å².